The smallest absolute Gasteiger partial charge is 0.656 e. The molecule has 1 aromatic carbocycles. The van der Waals surface area contributed by atoms with E-state index in [2.05, 4.69) is 5.32 Å². The number of nitrogens with zero attached hydrogens (tertiary/aromatic N) is 3. The SMILES string of the molecule is CC.[B]C(=O)[N-]CC(=O)N1CC(=O)N(c2ccccc2)C1.[Ru+]. The molecule has 0 spiro atoms. The van der Waals surface area contributed by atoms with E-state index in [9.17, 15) is 14.4 Å². The zero-order chi connectivity index (χ0) is 15.8. The third-order valence-corrected chi connectivity index (χ3v) is 2.73. The molecule has 1 aliphatic heterocycles. The van der Waals surface area contributed by atoms with Gasteiger partial charge in [-0.1, -0.05) is 32.0 Å². The second-order valence-electron chi connectivity index (χ2n) is 4.04. The standard InChI is InChI=1S/C12H12BN3O3.C2H6.Ru/c13-12(19)14-6-10(17)15-7-11(18)16(8-15)9-4-2-1-3-5-9;1-2;/h1-5H,6-8H2,(H,14,19);1-2H3;/q;;+1/p-1. The molecule has 2 rings (SSSR count). The summed E-state index contributed by atoms with van der Waals surface area (Å²) in [6.45, 7) is 3.82. The van der Waals surface area contributed by atoms with Gasteiger partial charge in [0.25, 0.3) is 0 Å². The molecule has 0 N–H and O–H groups in total. The van der Waals surface area contributed by atoms with E-state index in [1.165, 1.54) is 9.80 Å². The van der Waals surface area contributed by atoms with Crippen molar-refractivity contribution < 1.29 is 33.9 Å². The van der Waals surface area contributed by atoms with Crippen LogP contribution in [0.4, 0.5) is 10.5 Å². The van der Waals surface area contributed by atoms with E-state index in [0.717, 1.165) is 5.69 Å². The maximum absolute atomic E-state index is 11.8. The molecule has 1 saturated heterocycles. The van der Waals surface area contributed by atoms with Gasteiger partial charge < -0.3 is 15.0 Å². The van der Waals surface area contributed by atoms with Crippen LogP contribution in [0.3, 0.4) is 0 Å². The molecular weight excluding hydrogens is 370 g/mol. The Kier molecular flexibility index (Phi) is 9.34. The first-order chi connectivity index (χ1) is 10.1. The number of rotatable bonds is 3. The van der Waals surface area contributed by atoms with E-state index < -0.39 is 11.7 Å². The van der Waals surface area contributed by atoms with Crippen LogP contribution in [0.25, 0.3) is 5.32 Å². The molecule has 1 aromatic rings. The van der Waals surface area contributed by atoms with Crippen LogP contribution in [0.1, 0.15) is 13.8 Å². The van der Waals surface area contributed by atoms with Crippen molar-refractivity contribution in [3.05, 3.63) is 35.6 Å². The van der Waals surface area contributed by atoms with Crippen LogP contribution in [0.5, 0.6) is 0 Å². The molecule has 0 aromatic heterocycles. The predicted octanol–water partition coefficient (Wildman–Crippen LogP) is 1.51. The number of anilines is 1. The Balaban J connectivity index is 0.00000141. The van der Waals surface area contributed by atoms with E-state index in [4.69, 9.17) is 7.85 Å². The van der Waals surface area contributed by atoms with Crippen molar-refractivity contribution in [2.75, 3.05) is 24.7 Å². The molecule has 1 heterocycles. The van der Waals surface area contributed by atoms with Crippen LogP contribution in [-0.2, 0) is 29.1 Å². The van der Waals surface area contributed by atoms with Crippen LogP contribution in [0.15, 0.2) is 30.3 Å². The summed E-state index contributed by atoms with van der Waals surface area (Å²) in [6.07, 6.45) is 0. The summed E-state index contributed by atoms with van der Waals surface area (Å²) in [5.41, 5.74) is 0.731. The van der Waals surface area contributed by atoms with Crippen molar-refractivity contribution in [1.82, 2.24) is 4.90 Å². The first kappa shape index (κ1) is 20.3. The van der Waals surface area contributed by atoms with Gasteiger partial charge in [-0.2, -0.15) is 0 Å². The molecule has 117 valence electrons. The summed E-state index contributed by atoms with van der Waals surface area (Å²) >= 11 is 0. The van der Waals surface area contributed by atoms with Gasteiger partial charge in [0, 0.05) is 5.69 Å². The van der Waals surface area contributed by atoms with Crippen LogP contribution < -0.4 is 4.90 Å². The van der Waals surface area contributed by atoms with E-state index in [-0.39, 0.29) is 45.1 Å². The monoisotopic (exact) mass is 388 g/mol. The molecule has 0 atom stereocenters. The van der Waals surface area contributed by atoms with Gasteiger partial charge in [0.05, 0.1) is 0 Å². The minimum Gasteiger partial charge on any atom is -0.656 e. The summed E-state index contributed by atoms with van der Waals surface area (Å²) in [4.78, 5) is 36.9. The second-order valence-corrected chi connectivity index (χ2v) is 4.04. The predicted molar refractivity (Wildman–Crippen MR) is 81.2 cm³/mol. The Bertz CT molecular complexity index is 513. The number of hydrogen-bond acceptors (Lipinski definition) is 3. The van der Waals surface area contributed by atoms with E-state index in [1.807, 2.05) is 32.0 Å². The Morgan fingerprint density at radius 1 is 1.23 bits per heavy atom. The number of para-hydroxylation sites is 1. The molecule has 0 aliphatic carbocycles. The number of amides is 3. The van der Waals surface area contributed by atoms with Gasteiger partial charge in [-0.05, 0) is 24.5 Å². The van der Waals surface area contributed by atoms with Crippen LogP contribution >= 0.6 is 0 Å². The van der Waals surface area contributed by atoms with Gasteiger partial charge in [0.1, 0.15) is 21.1 Å². The quantitative estimate of drug-likeness (QED) is 0.739. The molecule has 0 unspecified atom stereocenters. The largest absolute Gasteiger partial charge is 1.00 e. The number of carbonyl (C=O) groups is 3. The Morgan fingerprint density at radius 2 is 1.82 bits per heavy atom. The average molecular weight is 387 g/mol. The molecule has 3 amide bonds. The number of carbonyl (C=O) groups excluding carboxylic acids is 3. The summed E-state index contributed by atoms with van der Waals surface area (Å²) in [5, 5.41) is 3.31. The third-order valence-electron chi connectivity index (χ3n) is 2.73. The fourth-order valence-electron chi connectivity index (χ4n) is 1.79. The zero-order valence-electron chi connectivity index (χ0n) is 12.5. The maximum Gasteiger partial charge on any atom is 1.00 e. The Labute approximate surface area is 144 Å². The fraction of sp³-hybridized carbons (Fsp3) is 0.357. The fourth-order valence-corrected chi connectivity index (χ4v) is 1.79. The third kappa shape index (κ3) is 5.60. The number of benzene rings is 1. The first-order valence-corrected chi connectivity index (χ1v) is 6.68. The van der Waals surface area contributed by atoms with Crippen molar-refractivity contribution in [3.63, 3.8) is 0 Å². The normalized spacial score (nSPS) is 12.9. The first-order valence-electron chi connectivity index (χ1n) is 6.68. The maximum atomic E-state index is 11.8. The molecule has 8 heteroatoms. The molecule has 22 heavy (non-hydrogen) atoms. The molecule has 0 saturated carbocycles. The molecule has 3 radical (unpaired) electrons. The van der Waals surface area contributed by atoms with Crippen molar-refractivity contribution >= 4 is 31.2 Å². The minimum atomic E-state index is -0.890. The average Bonchev–Trinajstić information content (AvgIpc) is 2.90. The van der Waals surface area contributed by atoms with Crippen molar-refractivity contribution in [2.45, 2.75) is 13.8 Å². The van der Waals surface area contributed by atoms with Crippen LogP contribution in [0, 0.1) is 0 Å². The second kappa shape index (κ2) is 10.1. The van der Waals surface area contributed by atoms with Crippen molar-refractivity contribution in [3.8, 4) is 0 Å². The van der Waals surface area contributed by atoms with Gasteiger partial charge in [0.15, 0.2) is 0 Å². The van der Waals surface area contributed by atoms with Gasteiger partial charge in [-0.15, -0.1) is 0 Å². The van der Waals surface area contributed by atoms with Crippen molar-refractivity contribution in [2.24, 2.45) is 0 Å². The number of hydrogen-bond donors (Lipinski definition) is 0. The van der Waals surface area contributed by atoms with Crippen LogP contribution in [0.2, 0.25) is 0 Å². The zero-order valence-corrected chi connectivity index (χ0v) is 14.2. The van der Waals surface area contributed by atoms with Gasteiger partial charge in [0.2, 0.25) is 11.8 Å². The Hall–Kier alpha value is -1.68. The van der Waals surface area contributed by atoms with E-state index in [1.54, 1.807) is 12.1 Å². The van der Waals surface area contributed by atoms with E-state index in [0.29, 0.717) is 0 Å². The molecule has 0 bridgehead atoms. The van der Waals surface area contributed by atoms with E-state index >= 15 is 0 Å². The molecule has 1 aliphatic rings. The summed E-state index contributed by atoms with van der Waals surface area (Å²) in [6, 6.07) is 9.06. The van der Waals surface area contributed by atoms with Gasteiger partial charge in [-0.3, -0.25) is 14.5 Å². The topological polar surface area (TPSA) is 71.8 Å². The minimum absolute atomic E-state index is 0. The van der Waals surface area contributed by atoms with Crippen molar-refractivity contribution in [1.29, 1.82) is 0 Å². The summed E-state index contributed by atoms with van der Waals surface area (Å²) in [7, 11) is 4.83. The molecule has 6 nitrogen and oxygen atoms in total. The van der Waals surface area contributed by atoms with Gasteiger partial charge in [-0.25, -0.2) is 0 Å². The van der Waals surface area contributed by atoms with Crippen LogP contribution in [-0.4, -0.2) is 50.1 Å². The summed E-state index contributed by atoms with van der Waals surface area (Å²) < 4.78 is 0. The van der Waals surface area contributed by atoms with Gasteiger partial charge >= 0.3 is 19.5 Å². The Morgan fingerprint density at radius 3 is 2.36 bits per heavy atom. The summed E-state index contributed by atoms with van der Waals surface area (Å²) in [5.74, 6) is -1.46. The molecular formula is C14H17BN3O3Ru. The molecule has 1 fully saturated rings.